The average Bonchev–Trinajstić information content (AvgIpc) is 3.08. The summed E-state index contributed by atoms with van der Waals surface area (Å²) in [5, 5.41) is 5.73. The predicted octanol–water partition coefficient (Wildman–Crippen LogP) is 4.07. The number of hydrogen-bond donors (Lipinski definition) is 2. The van der Waals surface area contributed by atoms with Gasteiger partial charge in [-0.25, -0.2) is 9.78 Å². The van der Waals surface area contributed by atoms with Crippen molar-refractivity contribution < 1.29 is 4.79 Å². The lowest BCUT2D eigenvalue weighted by Crippen LogP contribution is -2.30. The Morgan fingerprint density at radius 1 is 1.12 bits per heavy atom. The fourth-order valence-corrected chi connectivity index (χ4v) is 2.69. The molecule has 0 saturated carbocycles. The summed E-state index contributed by atoms with van der Waals surface area (Å²) in [7, 11) is 0. The minimum absolute atomic E-state index is 0.181. The number of anilines is 1. The van der Waals surface area contributed by atoms with Crippen LogP contribution < -0.4 is 10.6 Å². The van der Waals surface area contributed by atoms with Gasteiger partial charge < -0.3 is 15.2 Å². The highest BCUT2D eigenvalue weighted by molar-refractivity contribution is 5.89. The Balaban J connectivity index is 1.46. The van der Waals surface area contributed by atoms with Gasteiger partial charge >= 0.3 is 6.03 Å². The van der Waals surface area contributed by atoms with Crippen molar-refractivity contribution in [2.75, 3.05) is 11.9 Å². The minimum Gasteiger partial charge on any atom is -0.338 e. The molecule has 0 aliphatic heterocycles. The fourth-order valence-electron chi connectivity index (χ4n) is 2.69. The molecule has 2 aromatic carbocycles. The Kier molecular flexibility index (Phi) is 5.46. The molecular formula is C20H22N4O. The molecule has 128 valence electrons. The number of urea groups is 1. The molecule has 1 aromatic heterocycles. The molecule has 0 fully saturated rings. The van der Waals surface area contributed by atoms with Crippen LogP contribution >= 0.6 is 0 Å². The molecule has 25 heavy (non-hydrogen) atoms. The second-order valence-corrected chi connectivity index (χ2v) is 5.91. The van der Waals surface area contributed by atoms with Gasteiger partial charge in [0.05, 0.1) is 0 Å². The van der Waals surface area contributed by atoms with Crippen LogP contribution in [0.4, 0.5) is 10.5 Å². The molecule has 0 saturated heterocycles. The van der Waals surface area contributed by atoms with Crippen molar-refractivity contribution in [1.82, 2.24) is 14.9 Å². The summed E-state index contributed by atoms with van der Waals surface area (Å²) in [6.45, 7) is 3.40. The largest absolute Gasteiger partial charge is 0.338 e. The Morgan fingerprint density at radius 2 is 1.96 bits per heavy atom. The molecule has 3 rings (SSSR count). The lowest BCUT2D eigenvalue weighted by molar-refractivity contribution is 0.252. The van der Waals surface area contributed by atoms with Crippen LogP contribution in [-0.4, -0.2) is 22.1 Å². The average molecular weight is 334 g/mol. The van der Waals surface area contributed by atoms with Gasteiger partial charge in [0.1, 0.15) is 5.82 Å². The number of hydrogen-bond acceptors (Lipinski definition) is 2. The molecule has 0 atom stereocenters. The summed E-state index contributed by atoms with van der Waals surface area (Å²) in [6.07, 6.45) is 4.60. The third-order valence-electron chi connectivity index (χ3n) is 3.88. The molecule has 2 amide bonds. The zero-order chi connectivity index (χ0) is 17.5. The molecule has 2 N–H and O–H groups in total. The van der Waals surface area contributed by atoms with E-state index in [9.17, 15) is 4.79 Å². The summed E-state index contributed by atoms with van der Waals surface area (Å²) in [6, 6.07) is 17.7. The summed E-state index contributed by atoms with van der Waals surface area (Å²) >= 11 is 0. The van der Waals surface area contributed by atoms with Crippen LogP contribution in [0.3, 0.4) is 0 Å². The van der Waals surface area contributed by atoms with E-state index < -0.39 is 0 Å². The first-order valence-electron chi connectivity index (χ1n) is 8.40. The molecule has 0 unspecified atom stereocenters. The number of aryl methyl sites for hydroxylation is 2. The van der Waals surface area contributed by atoms with Gasteiger partial charge in [-0.05, 0) is 31.0 Å². The van der Waals surface area contributed by atoms with Crippen molar-refractivity contribution in [2.24, 2.45) is 0 Å². The van der Waals surface area contributed by atoms with Crippen molar-refractivity contribution in [3.05, 3.63) is 72.6 Å². The number of carbonyl (C=O) groups is 1. The minimum atomic E-state index is -0.181. The molecule has 0 aliphatic carbocycles. The molecular weight excluding hydrogens is 312 g/mol. The predicted molar refractivity (Wildman–Crippen MR) is 100 cm³/mol. The second-order valence-electron chi connectivity index (χ2n) is 5.91. The molecule has 0 spiro atoms. The topological polar surface area (TPSA) is 59.0 Å². The number of nitrogens with zero attached hydrogens (tertiary/aromatic N) is 2. The van der Waals surface area contributed by atoms with Gasteiger partial charge in [0, 0.05) is 36.7 Å². The summed E-state index contributed by atoms with van der Waals surface area (Å²) in [5.41, 5.74) is 3.02. The highest BCUT2D eigenvalue weighted by Crippen LogP contribution is 2.16. The van der Waals surface area contributed by atoms with Gasteiger partial charge in [0.15, 0.2) is 0 Å². The quantitative estimate of drug-likeness (QED) is 0.668. The summed E-state index contributed by atoms with van der Waals surface area (Å²) in [5.74, 6) is 0.949. The van der Waals surface area contributed by atoms with Crippen LogP contribution in [-0.2, 0) is 6.54 Å². The van der Waals surface area contributed by atoms with Gasteiger partial charge in [-0.15, -0.1) is 0 Å². The molecule has 0 bridgehead atoms. The second kappa shape index (κ2) is 8.15. The van der Waals surface area contributed by atoms with Crippen LogP contribution in [0.5, 0.6) is 0 Å². The first-order valence-corrected chi connectivity index (χ1v) is 8.40. The smallest absolute Gasteiger partial charge is 0.319 e. The Labute approximate surface area is 147 Å². The van der Waals surface area contributed by atoms with Crippen LogP contribution in [0.1, 0.15) is 12.0 Å². The van der Waals surface area contributed by atoms with Crippen molar-refractivity contribution in [3.8, 4) is 11.4 Å². The van der Waals surface area contributed by atoms with E-state index in [0.717, 1.165) is 35.6 Å². The number of imidazole rings is 1. The van der Waals surface area contributed by atoms with E-state index in [1.807, 2.05) is 67.7 Å². The van der Waals surface area contributed by atoms with Crippen molar-refractivity contribution in [2.45, 2.75) is 19.9 Å². The molecule has 5 nitrogen and oxygen atoms in total. The van der Waals surface area contributed by atoms with Gasteiger partial charge in [-0.2, -0.15) is 0 Å². The third-order valence-corrected chi connectivity index (χ3v) is 3.88. The normalized spacial score (nSPS) is 10.4. The zero-order valence-electron chi connectivity index (χ0n) is 14.3. The van der Waals surface area contributed by atoms with Crippen LogP contribution in [0, 0.1) is 6.92 Å². The maximum Gasteiger partial charge on any atom is 0.319 e. The van der Waals surface area contributed by atoms with E-state index in [0.29, 0.717) is 6.54 Å². The summed E-state index contributed by atoms with van der Waals surface area (Å²) in [4.78, 5) is 16.4. The Morgan fingerprint density at radius 3 is 2.76 bits per heavy atom. The van der Waals surface area contributed by atoms with Gasteiger partial charge in [-0.3, -0.25) is 0 Å². The van der Waals surface area contributed by atoms with E-state index in [2.05, 4.69) is 20.2 Å². The number of carbonyl (C=O) groups excluding carboxylic acids is 1. The SMILES string of the molecule is Cc1cccc(NC(=O)NCCCn2ccnc2-c2ccccc2)c1. The zero-order valence-corrected chi connectivity index (χ0v) is 14.3. The maximum absolute atomic E-state index is 11.9. The maximum atomic E-state index is 11.9. The number of aromatic nitrogens is 2. The van der Waals surface area contributed by atoms with Gasteiger partial charge in [0.25, 0.3) is 0 Å². The van der Waals surface area contributed by atoms with E-state index >= 15 is 0 Å². The lowest BCUT2D eigenvalue weighted by atomic mass is 10.2. The van der Waals surface area contributed by atoms with E-state index in [1.165, 1.54) is 0 Å². The Bertz CT molecular complexity index is 826. The van der Waals surface area contributed by atoms with E-state index in [1.54, 1.807) is 6.20 Å². The first kappa shape index (κ1) is 16.8. The molecule has 0 aliphatic rings. The van der Waals surface area contributed by atoms with Crippen LogP contribution in [0.25, 0.3) is 11.4 Å². The third kappa shape index (κ3) is 4.70. The fraction of sp³-hybridized carbons (Fsp3) is 0.200. The summed E-state index contributed by atoms with van der Waals surface area (Å²) < 4.78 is 2.11. The van der Waals surface area contributed by atoms with Crippen LogP contribution in [0.2, 0.25) is 0 Å². The number of benzene rings is 2. The number of nitrogens with one attached hydrogen (secondary N) is 2. The lowest BCUT2D eigenvalue weighted by Gasteiger charge is -2.10. The monoisotopic (exact) mass is 334 g/mol. The molecule has 5 heteroatoms. The van der Waals surface area contributed by atoms with Crippen molar-refractivity contribution in [1.29, 1.82) is 0 Å². The highest BCUT2D eigenvalue weighted by Gasteiger charge is 2.05. The van der Waals surface area contributed by atoms with Crippen molar-refractivity contribution >= 4 is 11.7 Å². The number of amides is 2. The number of rotatable bonds is 6. The standard InChI is InChI=1S/C20H22N4O/c1-16-7-5-10-18(15-16)23-20(25)22-11-6-13-24-14-12-21-19(24)17-8-3-2-4-9-17/h2-5,7-10,12,14-15H,6,11,13H2,1H3,(H2,22,23,25). The molecule has 1 heterocycles. The van der Waals surface area contributed by atoms with Crippen molar-refractivity contribution in [3.63, 3.8) is 0 Å². The molecule has 3 aromatic rings. The van der Waals surface area contributed by atoms with Gasteiger partial charge in [-0.1, -0.05) is 42.5 Å². The van der Waals surface area contributed by atoms with Gasteiger partial charge in [0.2, 0.25) is 0 Å². The van der Waals surface area contributed by atoms with E-state index in [-0.39, 0.29) is 6.03 Å². The molecule has 0 radical (unpaired) electrons. The highest BCUT2D eigenvalue weighted by atomic mass is 16.2. The van der Waals surface area contributed by atoms with E-state index in [4.69, 9.17) is 0 Å². The first-order chi connectivity index (χ1) is 12.2. The van der Waals surface area contributed by atoms with Crippen LogP contribution in [0.15, 0.2) is 67.0 Å². The Hall–Kier alpha value is -3.08.